The van der Waals surface area contributed by atoms with Crippen LogP contribution in [0.1, 0.15) is 16.7 Å². The highest BCUT2D eigenvalue weighted by molar-refractivity contribution is 7.91. The van der Waals surface area contributed by atoms with Crippen molar-refractivity contribution in [3.8, 4) is 0 Å². The Morgan fingerprint density at radius 1 is 1.20 bits per heavy atom. The lowest BCUT2D eigenvalue weighted by Gasteiger charge is -2.10. The first-order valence-corrected chi connectivity index (χ1v) is 7.12. The molecule has 0 saturated carbocycles. The van der Waals surface area contributed by atoms with Crippen LogP contribution in [0.2, 0.25) is 0 Å². The van der Waals surface area contributed by atoms with Crippen molar-refractivity contribution >= 4 is 9.84 Å². The van der Waals surface area contributed by atoms with Crippen molar-refractivity contribution in [3.63, 3.8) is 0 Å². The Bertz CT molecular complexity index is 771. The van der Waals surface area contributed by atoms with Crippen molar-refractivity contribution in [2.24, 2.45) is 0 Å². The minimum absolute atomic E-state index is 0.0495. The minimum atomic E-state index is -4.05. The second-order valence-corrected chi connectivity index (χ2v) is 6.26. The Balaban J connectivity index is 2.74. The van der Waals surface area contributed by atoms with Gasteiger partial charge in [0.15, 0.2) is 5.21 Å². The molecule has 106 valence electrons. The van der Waals surface area contributed by atoms with Crippen LogP contribution in [0, 0.1) is 30.9 Å². The Labute approximate surface area is 115 Å². The third-order valence-corrected chi connectivity index (χ3v) is 4.81. The van der Waals surface area contributed by atoms with Crippen molar-refractivity contribution in [1.82, 2.24) is 15.1 Å². The number of sulfone groups is 1. The first kappa shape index (κ1) is 14.1. The lowest BCUT2D eigenvalue weighted by Crippen LogP contribution is -2.18. The number of benzene rings is 1. The summed E-state index contributed by atoms with van der Waals surface area (Å²) < 4.78 is 25.1. The fourth-order valence-electron chi connectivity index (χ4n) is 2.21. The van der Waals surface area contributed by atoms with Crippen LogP contribution in [-0.4, -0.2) is 28.6 Å². The number of nitro groups is 1. The lowest BCUT2D eigenvalue weighted by molar-refractivity contribution is -0.560. The van der Waals surface area contributed by atoms with Gasteiger partial charge in [-0.15, -0.1) is 0 Å². The van der Waals surface area contributed by atoms with Gasteiger partial charge in [-0.3, -0.25) is 0 Å². The Morgan fingerprint density at radius 2 is 1.75 bits per heavy atom. The zero-order valence-electron chi connectivity index (χ0n) is 11.1. The first-order valence-electron chi connectivity index (χ1n) is 5.63. The van der Waals surface area contributed by atoms with Gasteiger partial charge in [-0.25, -0.2) is 8.42 Å². The number of aryl methyl sites for hydroxylation is 3. The van der Waals surface area contributed by atoms with Crippen molar-refractivity contribution < 1.29 is 13.5 Å². The van der Waals surface area contributed by atoms with Crippen LogP contribution < -0.4 is 0 Å². The van der Waals surface area contributed by atoms with E-state index in [1.807, 2.05) is 6.92 Å². The van der Waals surface area contributed by atoms with Gasteiger partial charge in [-0.2, -0.15) is 0 Å². The molecule has 2 aromatic rings. The fourth-order valence-corrected chi connectivity index (χ4v) is 3.88. The average molecular weight is 296 g/mol. The molecule has 9 heteroatoms. The summed E-state index contributed by atoms with van der Waals surface area (Å²) in [6.45, 7) is 5.14. The quantitative estimate of drug-likeness (QED) is 0.619. The smallest absolute Gasteiger partial charge is 0.253 e. The van der Waals surface area contributed by atoms with Gasteiger partial charge in [0.1, 0.15) is 6.20 Å². The monoisotopic (exact) mass is 296 g/mol. The predicted octanol–water partition coefficient (Wildman–Crippen LogP) is 1.08. The molecule has 2 rings (SSSR count). The largest absolute Gasteiger partial charge is 0.339 e. The van der Waals surface area contributed by atoms with Crippen LogP contribution >= 0.6 is 0 Å². The Morgan fingerprint density at radius 3 is 2.25 bits per heavy atom. The summed E-state index contributed by atoms with van der Waals surface area (Å²) in [5.74, 6) is 0. The number of hydrogen-bond donors (Lipinski definition) is 0. The van der Waals surface area contributed by atoms with Gasteiger partial charge in [0, 0.05) is 0 Å². The second-order valence-electron chi connectivity index (χ2n) is 4.43. The SMILES string of the molecule is Cc1cc(C)c(S(=O)(=O)c2cnnn2[N+](=O)[O-])c(C)c1. The van der Waals surface area contributed by atoms with Crippen LogP contribution in [0.3, 0.4) is 0 Å². The summed E-state index contributed by atoms with van der Waals surface area (Å²) in [5.41, 5.74) is 1.97. The molecule has 0 aliphatic carbocycles. The molecular formula is C11H12N4O4S. The molecule has 0 unspecified atom stereocenters. The van der Waals surface area contributed by atoms with E-state index in [4.69, 9.17) is 0 Å². The van der Waals surface area contributed by atoms with Gasteiger partial charge in [0.2, 0.25) is 9.84 Å². The summed E-state index contributed by atoms with van der Waals surface area (Å²) in [7, 11) is -4.05. The maximum absolute atomic E-state index is 12.6. The second kappa shape index (κ2) is 4.67. The number of hydrogen-bond acceptors (Lipinski definition) is 6. The molecule has 0 saturated heterocycles. The Kier molecular flexibility index (Phi) is 3.30. The maximum Gasteiger partial charge on any atom is 0.253 e. The van der Waals surface area contributed by atoms with Gasteiger partial charge in [0.05, 0.1) is 14.7 Å². The van der Waals surface area contributed by atoms with Gasteiger partial charge in [-0.1, -0.05) is 17.7 Å². The predicted molar refractivity (Wildman–Crippen MR) is 68.5 cm³/mol. The van der Waals surface area contributed by atoms with Crippen LogP contribution in [0.15, 0.2) is 28.3 Å². The first-order chi connectivity index (χ1) is 9.25. The summed E-state index contributed by atoms with van der Waals surface area (Å²) in [6.07, 6.45) is 0.872. The molecule has 0 aliphatic rings. The zero-order valence-corrected chi connectivity index (χ0v) is 11.9. The normalized spacial score (nSPS) is 11.6. The summed E-state index contributed by atoms with van der Waals surface area (Å²) in [4.78, 5) is 11.0. The third-order valence-electron chi connectivity index (χ3n) is 2.81. The molecule has 0 aliphatic heterocycles. The lowest BCUT2D eigenvalue weighted by atomic mass is 10.1. The van der Waals surface area contributed by atoms with E-state index in [1.54, 1.807) is 26.0 Å². The highest BCUT2D eigenvalue weighted by atomic mass is 32.2. The molecular weight excluding hydrogens is 284 g/mol. The van der Waals surface area contributed by atoms with E-state index in [-0.39, 0.29) is 9.69 Å². The molecule has 1 aromatic carbocycles. The van der Waals surface area contributed by atoms with Crippen LogP contribution in [-0.2, 0) is 9.84 Å². The molecule has 0 N–H and O–H groups in total. The van der Waals surface area contributed by atoms with E-state index >= 15 is 0 Å². The number of aromatic nitrogens is 3. The Hall–Kier alpha value is -2.29. The van der Waals surface area contributed by atoms with E-state index in [0.29, 0.717) is 11.1 Å². The molecule has 0 radical (unpaired) electrons. The van der Waals surface area contributed by atoms with E-state index in [1.165, 1.54) is 0 Å². The standard InChI is InChI=1S/C11H12N4O4S/c1-7-4-8(2)11(9(3)5-7)20(18,19)10-6-12-13-14(10)15(16)17/h4-6H,1-3H3. The maximum atomic E-state index is 12.6. The molecule has 8 nitrogen and oxygen atoms in total. The minimum Gasteiger partial charge on any atom is -0.339 e. The number of nitrogens with zero attached hydrogens (tertiary/aromatic N) is 4. The third kappa shape index (κ3) is 2.16. The molecule has 1 aromatic heterocycles. The molecule has 0 amide bonds. The summed E-state index contributed by atoms with van der Waals surface area (Å²) >= 11 is 0. The van der Waals surface area contributed by atoms with E-state index in [0.717, 1.165) is 11.8 Å². The van der Waals surface area contributed by atoms with E-state index in [2.05, 4.69) is 10.3 Å². The fraction of sp³-hybridized carbons (Fsp3) is 0.273. The van der Waals surface area contributed by atoms with Crippen molar-refractivity contribution in [2.75, 3.05) is 0 Å². The van der Waals surface area contributed by atoms with Crippen LogP contribution in [0.25, 0.3) is 0 Å². The molecule has 0 atom stereocenters. The van der Waals surface area contributed by atoms with Crippen molar-refractivity contribution in [1.29, 1.82) is 0 Å². The van der Waals surface area contributed by atoms with Crippen LogP contribution in [0.5, 0.6) is 0 Å². The topological polar surface area (TPSA) is 108 Å². The highest BCUT2D eigenvalue weighted by Crippen LogP contribution is 2.27. The van der Waals surface area contributed by atoms with Gasteiger partial charge < -0.3 is 10.1 Å². The van der Waals surface area contributed by atoms with Gasteiger partial charge >= 0.3 is 0 Å². The van der Waals surface area contributed by atoms with Crippen LogP contribution in [0.4, 0.5) is 0 Å². The molecule has 0 spiro atoms. The average Bonchev–Trinajstić information content (AvgIpc) is 2.75. The van der Waals surface area contributed by atoms with Crippen molar-refractivity contribution in [2.45, 2.75) is 30.7 Å². The summed E-state index contributed by atoms with van der Waals surface area (Å²) in [6, 6.07) is 3.42. The highest BCUT2D eigenvalue weighted by Gasteiger charge is 2.31. The molecule has 0 fully saturated rings. The zero-order chi connectivity index (χ0) is 15.1. The molecule has 1 heterocycles. The van der Waals surface area contributed by atoms with E-state index < -0.39 is 19.9 Å². The van der Waals surface area contributed by atoms with E-state index in [9.17, 15) is 18.5 Å². The van der Waals surface area contributed by atoms with Gasteiger partial charge in [0.25, 0.3) is 5.03 Å². The van der Waals surface area contributed by atoms with Crippen molar-refractivity contribution in [3.05, 3.63) is 45.1 Å². The molecule has 20 heavy (non-hydrogen) atoms. The van der Waals surface area contributed by atoms with Gasteiger partial charge in [-0.05, 0) is 37.0 Å². The summed E-state index contributed by atoms with van der Waals surface area (Å²) in [5, 5.41) is 15.8. The molecule has 0 bridgehead atoms. The number of rotatable bonds is 3.